The molecule has 5 heteroatoms. The number of carbonyl (C=O) groups excluding carboxylic acids is 2. The monoisotopic (exact) mass is 1140 g/mol. The molecule has 0 fully saturated rings. The summed E-state index contributed by atoms with van der Waals surface area (Å²) < 4.78 is 10.8. The number of ether oxygens (including phenoxy) is 2. The van der Waals surface area contributed by atoms with Crippen LogP contribution in [-0.4, -0.2) is 36.4 Å². The van der Waals surface area contributed by atoms with E-state index in [4.69, 9.17) is 9.47 Å². The van der Waals surface area contributed by atoms with Crippen molar-refractivity contribution in [1.29, 1.82) is 0 Å². The van der Waals surface area contributed by atoms with Crippen molar-refractivity contribution in [3.05, 3.63) is 109 Å². The minimum absolute atomic E-state index is 0.0680. The molecule has 0 aromatic rings. The second-order valence-electron chi connectivity index (χ2n) is 23.6. The van der Waals surface area contributed by atoms with E-state index < -0.39 is 6.10 Å². The number of hydrogen-bond acceptors (Lipinski definition) is 5. The van der Waals surface area contributed by atoms with Crippen molar-refractivity contribution in [2.45, 2.75) is 354 Å². The van der Waals surface area contributed by atoms with Gasteiger partial charge in [0.25, 0.3) is 0 Å². The van der Waals surface area contributed by atoms with Crippen LogP contribution in [0, 0.1) is 0 Å². The Morgan fingerprint density at radius 1 is 0.293 bits per heavy atom. The Kier molecular flexibility index (Phi) is 68.8. The van der Waals surface area contributed by atoms with Gasteiger partial charge in [0.1, 0.15) is 6.61 Å². The fraction of sp³-hybridized carbons (Fsp3) is 0.740. The van der Waals surface area contributed by atoms with E-state index in [1.54, 1.807) is 0 Å². The zero-order valence-corrected chi connectivity index (χ0v) is 54.2. The maximum Gasteiger partial charge on any atom is 0.306 e. The third-order valence-electron chi connectivity index (χ3n) is 15.6. The quantitative estimate of drug-likeness (QED) is 0.0373. The highest BCUT2D eigenvalue weighted by Crippen LogP contribution is 2.18. The third kappa shape index (κ3) is 69.1. The first-order chi connectivity index (χ1) is 40.6. The van der Waals surface area contributed by atoms with E-state index in [1.165, 1.54) is 231 Å². The molecule has 0 rings (SSSR count). The summed E-state index contributed by atoms with van der Waals surface area (Å²) in [7, 11) is 0. The minimum Gasteiger partial charge on any atom is -0.462 e. The largest absolute Gasteiger partial charge is 0.462 e. The SMILES string of the molecule is CC/C=C\C/C=C\C/C=C\C/C=C\C/C=C\C/C=C\C/C=C\CCCCCCCCCCCCCC(=O)OC(CO)COC(=O)CCCCCCCCCCCCCCCCCCCCCCCCC/C=C\C/C=C\CCCCCCC. The summed E-state index contributed by atoms with van der Waals surface area (Å²) in [5.74, 6) is -0.584. The van der Waals surface area contributed by atoms with Crippen molar-refractivity contribution in [3.8, 4) is 0 Å². The van der Waals surface area contributed by atoms with Crippen molar-refractivity contribution >= 4 is 11.9 Å². The Hall–Kier alpha value is -3.44. The topological polar surface area (TPSA) is 72.8 Å². The Morgan fingerprint density at radius 3 is 0.793 bits per heavy atom. The second-order valence-corrected chi connectivity index (χ2v) is 23.6. The van der Waals surface area contributed by atoms with Gasteiger partial charge in [-0.3, -0.25) is 9.59 Å². The molecule has 0 heterocycles. The van der Waals surface area contributed by atoms with Crippen LogP contribution in [-0.2, 0) is 19.1 Å². The van der Waals surface area contributed by atoms with Gasteiger partial charge in [-0.05, 0) is 103 Å². The number of aliphatic hydroxyl groups is 1. The van der Waals surface area contributed by atoms with Crippen molar-refractivity contribution in [2.75, 3.05) is 13.2 Å². The molecule has 0 radical (unpaired) electrons. The number of allylic oxidation sites excluding steroid dienone is 18. The molecule has 0 amide bonds. The van der Waals surface area contributed by atoms with Crippen LogP contribution in [0.15, 0.2) is 109 Å². The van der Waals surface area contributed by atoms with Gasteiger partial charge in [0.2, 0.25) is 0 Å². The van der Waals surface area contributed by atoms with Gasteiger partial charge >= 0.3 is 11.9 Å². The van der Waals surface area contributed by atoms with Crippen molar-refractivity contribution in [3.63, 3.8) is 0 Å². The van der Waals surface area contributed by atoms with Gasteiger partial charge < -0.3 is 14.6 Å². The highest BCUT2D eigenvalue weighted by molar-refractivity contribution is 5.70. The molecule has 0 aliphatic rings. The van der Waals surface area contributed by atoms with Crippen LogP contribution < -0.4 is 0 Å². The molecule has 0 aromatic carbocycles. The summed E-state index contributed by atoms with van der Waals surface area (Å²) >= 11 is 0. The molecule has 472 valence electrons. The first-order valence-electron chi connectivity index (χ1n) is 35.4. The lowest BCUT2D eigenvalue weighted by atomic mass is 10.0. The molecule has 1 N–H and O–H groups in total. The number of carbonyl (C=O) groups is 2. The number of unbranched alkanes of at least 4 members (excludes halogenated alkanes) is 39. The van der Waals surface area contributed by atoms with E-state index in [-0.39, 0.29) is 25.2 Å². The van der Waals surface area contributed by atoms with Gasteiger partial charge in [0.15, 0.2) is 6.10 Å². The molecule has 0 aromatic heterocycles. The second kappa shape index (κ2) is 71.8. The van der Waals surface area contributed by atoms with Crippen LogP contribution in [0.3, 0.4) is 0 Å². The first-order valence-corrected chi connectivity index (χ1v) is 35.4. The average Bonchev–Trinajstić information content (AvgIpc) is 3.49. The smallest absolute Gasteiger partial charge is 0.306 e. The highest BCUT2D eigenvalue weighted by Gasteiger charge is 2.16. The zero-order valence-electron chi connectivity index (χ0n) is 54.2. The lowest BCUT2D eigenvalue weighted by molar-refractivity contribution is -0.161. The standard InChI is InChI=1S/C77H134O5/c1-3-5-7-9-11-13-15-17-19-21-23-25-27-29-31-33-35-37-38-40-41-43-45-47-49-51-53-55-57-59-61-63-65-67-69-71-76(79)81-74-75(73-78)82-77(80)72-70-68-66-64-62-60-58-56-54-52-50-48-46-44-42-39-36-34-32-30-28-26-24-22-20-18-16-14-12-10-8-6-4-2/h6,8,12,14-15,17-18,20-21,23-24,26,30,32,36,39,44,46,75,78H,3-5,7,9-11,13,16,19,22,25,27-29,31,33-35,37-38,40-43,45,47-74H2,1-2H3/b8-6-,14-12-,17-15-,20-18-,23-21-,26-24-,32-30-,39-36-,46-44-. The summed E-state index contributed by atoms with van der Waals surface area (Å²) in [5.41, 5.74) is 0. The number of hydrogen-bond donors (Lipinski definition) is 1. The minimum atomic E-state index is -0.780. The predicted octanol–water partition coefficient (Wildman–Crippen LogP) is 24.8. The summed E-state index contributed by atoms with van der Waals surface area (Å²) in [5, 5.41) is 9.71. The molecule has 0 saturated heterocycles. The molecule has 0 aliphatic heterocycles. The molecular weight excluding hydrogens is 1000 g/mol. The maximum absolute atomic E-state index is 12.4. The summed E-state index contributed by atoms with van der Waals surface area (Å²) in [6, 6.07) is 0. The predicted molar refractivity (Wildman–Crippen MR) is 362 cm³/mol. The Morgan fingerprint density at radius 2 is 0.524 bits per heavy atom. The van der Waals surface area contributed by atoms with E-state index in [1.807, 2.05) is 0 Å². The lowest BCUT2D eigenvalue weighted by Crippen LogP contribution is -2.28. The van der Waals surface area contributed by atoms with Gasteiger partial charge in [-0.15, -0.1) is 0 Å². The average molecular weight is 1140 g/mol. The molecule has 0 bridgehead atoms. The van der Waals surface area contributed by atoms with Crippen LogP contribution in [0.1, 0.15) is 348 Å². The lowest BCUT2D eigenvalue weighted by Gasteiger charge is -2.15. The van der Waals surface area contributed by atoms with Crippen LogP contribution in [0.5, 0.6) is 0 Å². The van der Waals surface area contributed by atoms with Crippen LogP contribution in [0.2, 0.25) is 0 Å². The van der Waals surface area contributed by atoms with Gasteiger partial charge in [0, 0.05) is 12.8 Å². The van der Waals surface area contributed by atoms with Crippen molar-refractivity contribution in [1.82, 2.24) is 0 Å². The molecular formula is C77H134O5. The Bertz CT molecular complexity index is 1570. The Labute approximate surface area is 510 Å². The van der Waals surface area contributed by atoms with Gasteiger partial charge in [0.05, 0.1) is 6.61 Å². The van der Waals surface area contributed by atoms with Gasteiger partial charge in [-0.25, -0.2) is 0 Å². The van der Waals surface area contributed by atoms with Crippen LogP contribution in [0.4, 0.5) is 0 Å². The van der Waals surface area contributed by atoms with Crippen LogP contribution in [0.25, 0.3) is 0 Å². The van der Waals surface area contributed by atoms with Crippen molar-refractivity contribution < 1.29 is 24.2 Å². The van der Waals surface area contributed by atoms with E-state index in [2.05, 4.69) is 123 Å². The summed E-state index contributed by atoms with van der Waals surface area (Å²) in [6.45, 7) is 4.05. The normalized spacial score (nSPS) is 12.9. The third-order valence-corrected chi connectivity index (χ3v) is 15.6. The summed E-state index contributed by atoms with van der Waals surface area (Å²) in [4.78, 5) is 24.7. The van der Waals surface area contributed by atoms with Gasteiger partial charge in [-0.1, -0.05) is 342 Å². The molecule has 82 heavy (non-hydrogen) atoms. The number of esters is 2. The van der Waals surface area contributed by atoms with E-state index in [0.717, 1.165) is 89.9 Å². The Balaban J connectivity index is 3.46. The van der Waals surface area contributed by atoms with Crippen LogP contribution >= 0.6 is 0 Å². The van der Waals surface area contributed by atoms with E-state index in [9.17, 15) is 14.7 Å². The molecule has 5 nitrogen and oxygen atoms in total. The van der Waals surface area contributed by atoms with Crippen molar-refractivity contribution in [2.24, 2.45) is 0 Å². The fourth-order valence-electron chi connectivity index (χ4n) is 10.3. The van der Waals surface area contributed by atoms with Gasteiger partial charge in [-0.2, -0.15) is 0 Å². The molecule has 0 saturated carbocycles. The van der Waals surface area contributed by atoms with E-state index in [0.29, 0.717) is 12.8 Å². The first kappa shape index (κ1) is 78.6. The molecule has 1 unspecified atom stereocenters. The fourth-order valence-corrected chi connectivity index (χ4v) is 10.3. The highest BCUT2D eigenvalue weighted by atomic mass is 16.6. The molecule has 1 atom stereocenters. The number of aliphatic hydroxyl groups excluding tert-OH is 1. The zero-order chi connectivity index (χ0) is 59.1. The maximum atomic E-state index is 12.4. The summed E-state index contributed by atoms with van der Waals surface area (Å²) in [6.07, 6.45) is 104. The molecule has 0 aliphatic carbocycles. The number of rotatable bonds is 65. The molecule has 0 spiro atoms. The van der Waals surface area contributed by atoms with E-state index >= 15 is 0 Å².